The van der Waals surface area contributed by atoms with Gasteiger partial charge in [0.25, 0.3) is 0 Å². The van der Waals surface area contributed by atoms with E-state index in [0.29, 0.717) is 12.2 Å². The summed E-state index contributed by atoms with van der Waals surface area (Å²) in [5.41, 5.74) is -0.526. The number of ether oxygens (including phenoxy) is 1. The molecule has 0 bridgehead atoms. The maximum atomic E-state index is 13.4. The number of hydrogen-bond acceptors (Lipinski definition) is 3. The van der Waals surface area contributed by atoms with Gasteiger partial charge in [0.05, 0.1) is 7.11 Å². The van der Waals surface area contributed by atoms with Crippen LogP contribution in [0.1, 0.15) is 22.3 Å². The van der Waals surface area contributed by atoms with E-state index in [1.165, 1.54) is 0 Å². The van der Waals surface area contributed by atoms with Crippen LogP contribution in [0.25, 0.3) is 0 Å². The molecule has 2 nitrogen and oxygen atoms in total. The molecule has 1 aromatic carbocycles. The highest BCUT2D eigenvalue weighted by Gasteiger charge is 2.18. The van der Waals surface area contributed by atoms with Gasteiger partial charge in [-0.2, -0.15) is 12.6 Å². The zero-order valence-corrected chi connectivity index (χ0v) is 9.98. The smallest absolute Gasteiger partial charge is 0.343 e. The average Bonchev–Trinajstić information content (AvgIpc) is 2.28. The van der Waals surface area contributed by atoms with Gasteiger partial charge in [0.1, 0.15) is 17.2 Å². The van der Waals surface area contributed by atoms with Crippen LogP contribution >= 0.6 is 12.6 Å². The lowest BCUT2D eigenvalue weighted by Gasteiger charge is -2.03. The second-order valence-corrected chi connectivity index (χ2v) is 3.53. The van der Waals surface area contributed by atoms with Crippen LogP contribution in [0.5, 0.6) is 0 Å². The fraction of sp³-hybridized carbons (Fsp3) is 0.250. The molecule has 0 aliphatic heterocycles. The van der Waals surface area contributed by atoms with Gasteiger partial charge in [0.2, 0.25) is 0 Å². The largest absolute Gasteiger partial charge is 0.465 e. The van der Waals surface area contributed by atoms with Gasteiger partial charge in [-0.1, -0.05) is 11.8 Å². The molecule has 90 valence electrons. The van der Waals surface area contributed by atoms with Gasteiger partial charge in [0, 0.05) is 17.7 Å². The molecule has 0 aliphatic rings. The summed E-state index contributed by atoms with van der Waals surface area (Å²) in [6.07, 6.45) is 0.519. The highest BCUT2D eigenvalue weighted by Crippen LogP contribution is 2.16. The highest BCUT2D eigenvalue weighted by atomic mass is 32.1. The van der Waals surface area contributed by atoms with Crippen LogP contribution in [0.2, 0.25) is 0 Å². The topological polar surface area (TPSA) is 26.3 Å². The molecule has 0 atom stereocenters. The van der Waals surface area contributed by atoms with E-state index in [2.05, 4.69) is 29.2 Å². The van der Waals surface area contributed by atoms with Crippen LogP contribution < -0.4 is 0 Å². The van der Waals surface area contributed by atoms with Gasteiger partial charge >= 0.3 is 5.97 Å². The van der Waals surface area contributed by atoms with Gasteiger partial charge in [0.15, 0.2) is 0 Å². The van der Waals surface area contributed by atoms with Crippen molar-refractivity contribution in [3.63, 3.8) is 0 Å². The van der Waals surface area contributed by atoms with Crippen LogP contribution in [-0.4, -0.2) is 18.8 Å². The number of carbonyl (C=O) groups excluding carboxylic acids is 1. The zero-order valence-electron chi connectivity index (χ0n) is 9.09. The van der Waals surface area contributed by atoms with E-state index in [1.807, 2.05) is 0 Å². The van der Waals surface area contributed by atoms with Gasteiger partial charge in [-0.3, -0.25) is 0 Å². The van der Waals surface area contributed by atoms with Crippen molar-refractivity contribution in [2.75, 3.05) is 12.9 Å². The Morgan fingerprint density at radius 2 is 2.00 bits per heavy atom. The molecule has 0 saturated carbocycles. The van der Waals surface area contributed by atoms with Crippen molar-refractivity contribution < 1.29 is 18.3 Å². The van der Waals surface area contributed by atoms with Crippen LogP contribution in [-0.2, 0) is 4.74 Å². The van der Waals surface area contributed by atoms with Crippen molar-refractivity contribution in [2.24, 2.45) is 0 Å². The number of rotatable bonds is 2. The number of esters is 1. The van der Waals surface area contributed by atoms with Crippen LogP contribution in [0.4, 0.5) is 8.78 Å². The van der Waals surface area contributed by atoms with Crippen LogP contribution in [0.3, 0.4) is 0 Å². The highest BCUT2D eigenvalue weighted by molar-refractivity contribution is 7.80. The maximum absolute atomic E-state index is 13.4. The third kappa shape index (κ3) is 3.46. The molecule has 1 rings (SSSR count). The third-order valence-electron chi connectivity index (χ3n) is 1.90. The third-order valence-corrected chi connectivity index (χ3v) is 2.12. The van der Waals surface area contributed by atoms with E-state index in [1.54, 1.807) is 0 Å². The minimum absolute atomic E-state index is 0.175. The minimum atomic E-state index is -1.05. The summed E-state index contributed by atoms with van der Waals surface area (Å²) in [7, 11) is 1.06. The summed E-state index contributed by atoms with van der Waals surface area (Å²) in [6.45, 7) is 0. The van der Waals surface area contributed by atoms with Crippen molar-refractivity contribution in [1.29, 1.82) is 0 Å². The van der Waals surface area contributed by atoms with E-state index in [4.69, 9.17) is 0 Å². The predicted octanol–water partition coefficient (Wildman–Crippen LogP) is 2.42. The Hall–Kier alpha value is -1.54. The molecule has 0 heterocycles. The SMILES string of the molecule is COC(=O)c1c(F)cc(C#CCCS)cc1F. The summed E-state index contributed by atoms with van der Waals surface area (Å²) in [4.78, 5) is 11.1. The average molecular weight is 256 g/mol. The second-order valence-electron chi connectivity index (χ2n) is 3.08. The zero-order chi connectivity index (χ0) is 12.8. The van der Waals surface area contributed by atoms with E-state index >= 15 is 0 Å². The maximum Gasteiger partial charge on any atom is 0.343 e. The number of hydrogen-bond donors (Lipinski definition) is 1. The van der Waals surface area contributed by atoms with Crippen molar-refractivity contribution >= 4 is 18.6 Å². The lowest BCUT2D eigenvalue weighted by molar-refractivity contribution is 0.0590. The van der Waals surface area contributed by atoms with E-state index < -0.39 is 23.2 Å². The quantitative estimate of drug-likeness (QED) is 0.499. The molecular formula is C12H10F2O2S. The van der Waals surface area contributed by atoms with E-state index in [0.717, 1.165) is 19.2 Å². The Labute approximate surface area is 103 Å². The molecule has 0 aromatic heterocycles. The molecule has 0 N–H and O–H groups in total. The number of halogens is 2. The molecule has 0 saturated heterocycles. The van der Waals surface area contributed by atoms with Gasteiger partial charge in [-0.25, -0.2) is 13.6 Å². The molecular weight excluding hydrogens is 246 g/mol. The van der Waals surface area contributed by atoms with Gasteiger partial charge in [-0.05, 0) is 12.1 Å². The van der Waals surface area contributed by atoms with Crippen molar-refractivity contribution in [3.05, 3.63) is 34.9 Å². The summed E-state index contributed by atoms with van der Waals surface area (Å²) in [5.74, 6) is 2.83. The first-order valence-electron chi connectivity index (χ1n) is 4.77. The number of methoxy groups -OCH3 is 1. The molecule has 0 unspecified atom stereocenters. The van der Waals surface area contributed by atoms with Gasteiger partial charge in [-0.15, -0.1) is 0 Å². The summed E-state index contributed by atoms with van der Waals surface area (Å²) in [5, 5.41) is 0. The monoisotopic (exact) mass is 256 g/mol. The molecule has 1 aromatic rings. The first-order valence-corrected chi connectivity index (χ1v) is 5.40. The molecule has 0 radical (unpaired) electrons. The van der Waals surface area contributed by atoms with Crippen molar-refractivity contribution in [3.8, 4) is 11.8 Å². The first-order chi connectivity index (χ1) is 8.10. The molecule has 5 heteroatoms. The fourth-order valence-corrected chi connectivity index (χ4v) is 1.27. The van der Waals surface area contributed by atoms with Crippen molar-refractivity contribution in [2.45, 2.75) is 6.42 Å². The molecule has 0 spiro atoms. The lowest BCUT2D eigenvalue weighted by atomic mass is 10.1. The summed E-state index contributed by atoms with van der Waals surface area (Å²) in [6, 6.07) is 2.00. The number of thiol groups is 1. The Morgan fingerprint density at radius 3 is 2.47 bits per heavy atom. The van der Waals surface area contributed by atoms with Gasteiger partial charge < -0.3 is 4.74 Å². The Kier molecular flexibility index (Phi) is 4.98. The van der Waals surface area contributed by atoms with E-state index in [9.17, 15) is 13.6 Å². The lowest BCUT2D eigenvalue weighted by Crippen LogP contribution is -2.08. The van der Waals surface area contributed by atoms with Crippen molar-refractivity contribution in [1.82, 2.24) is 0 Å². The normalized spacial score (nSPS) is 9.41. The standard InChI is InChI=1S/C12H10F2O2S/c1-16-12(15)11-9(13)6-8(7-10(11)14)4-2-3-5-17/h6-7,17H,3,5H2,1H3. The summed E-state index contributed by atoms with van der Waals surface area (Å²) >= 11 is 3.95. The molecule has 0 amide bonds. The molecule has 0 aliphatic carbocycles. The van der Waals surface area contributed by atoms with E-state index in [-0.39, 0.29) is 5.56 Å². The minimum Gasteiger partial charge on any atom is -0.465 e. The first kappa shape index (κ1) is 13.5. The predicted molar refractivity (Wildman–Crippen MR) is 63.0 cm³/mol. The van der Waals surface area contributed by atoms with Crippen LogP contribution in [0.15, 0.2) is 12.1 Å². The Morgan fingerprint density at radius 1 is 1.41 bits per heavy atom. The van der Waals surface area contributed by atoms with Crippen LogP contribution in [0, 0.1) is 23.5 Å². The second kappa shape index (κ2) is 6.26. The number of benzene rings is 1. The fourth-order valence-electron chi connectivity index (χ4n) is 1.16. The number of carbonyl (C=O) groups is 1. The summed E-state index contributed by atoms with van der Waals surface area (Å²) < 4.78 is 31.1. The Balaban J connectivity index is 3.11. The molecule has 0 fully saturated rings. The molecule has 17 heavy (non-hydrogen) atoms. The Bertz CT molecular complexity index is 466.